The van der Waals surface area contributed by atoms with Crippen molar-refractivity contribution < 1.29 is 4.79 Å². The van der Waals surface area contributed by atoms with Crippen molar-refractivity contribution in [2.24, 2.45) is 0 Å². The lowest BCUT2D eigenvalue weighted by Gasteiger charge is -2.08. The van der Waals surface area contributed by atoms with E-state index in [0.717, 1.165) is 22.0 Å². The molecule has 0 spiro atoms. The first kappa shape index (κ1) is 18.3. The molecule has 0 aliphatic carbocycles. The molecule has 6 nitrogen and oxygen atoms in total. The van der Waals surface area contributed by atoms with Crippen LogP contribution in [0.15, 0.2) is 71.9 Å². The van der Waals surface area contributed by atoms with Gasteiger partial charge in [0.15, 0.2) is 5.82 Å². The minimum Gasteiger partial charge on any atom is -0.335 e. The third-order valence-corrected chi connectivity index (χ3v) is 5.36. The summed E-state index contributed by atoms with van der Waals surface area (Å²) in [5.74, 6) is 6.63. The van der Waals surface area contributed by atoms with Gasteiger partial charge >= 0.3 is 0 Å². The zero-order chi connectivity index (χ0) is 19.5. The Morgan fingerprint density at radius 2 is 1.79 bits per heavy atom. The number of carbonyl (C=O) groups is 1. The van der Waals surface area contributed by atoms with E-state index in [2.05, 4.69) is 15.5 Å². The molecular weight excluding hydrogens is 394 g/mol. The fourth-order valence-electron chi connectivity index (χ4n) is 2.82. The number of nitrogen functional groups attached to an aromatic ring is 1. The van der Waals surface area contributed by atoms with Gasteiger partial charge in [-0.1, -0.05) is 59.8 Å². The predicted molar refractivity (Wildman–Crippen MR) is 114 cm³/mol. The minimum atomic E-state index is -0.141. The maximum Gasteiger partial charge on any atom is 0.234 e. The minimum absolute atomic E-state index is 0.141. The Bertz CT molecular complexity index is 1140. The van der Waals surface area contributed by atoms with Crippen LogP contribution in [0.5, 0.6) is 0 Å². The molecule has 3 N–H and O–H groups in total. The van der Waals surface area contributed by atoms with Gasteiger partial charge in [0, 0.05) is 21.7 Å². The Labute approximate surface area is 170 Å². The average molecular weight is 410 g/mol. The molecule has 1 aromatic heterocycles. The van der Waals surface area contributed by atoms with Crippen LogP contribution in [0.1, 0.15) is 0 Å². The molecule has 140 valence electrons. The van der Waals surface area contributed by atoms with Gasteiger partial charge in [-0.3, -0.25) is 4.79 Å². The first-order valence-electron chi connectivity index (χ1n) is 8.48. The average Bonchev–Trinajstić information content (AvgIpc) is 3.08. The number of nitrogens with two attached hydrogens (primary N) is 1. The number of hydrogen-bond donors (Lipinski definition) is 2. The molecule has 0 radical (unpaired) electrons. The van der Waals surface area contributed by atoms with Gasteiger partial charge in [0.2, 0.25) is 11.1 Å². The van der Waals surface area contributed by atoms with E-state index in [1.165, 1.54) is 16.4 Å². The van der Waals surface area contributed by atoms with Crippen molar-refractivity contribution in [2.45, 2.75) is 5.16 Å². The van der Waals surface area contributed by atoms with Gasteiger partial charge in [-0.25, -0.2) is 4.68 Å². The maximum atomic E-state index is 12.4. The number of thioether (sulfide) groups is 1. The van der Waals surface area contributed by atoms with Crippen LogP contribution in [0.2, 0.25) is 5.02 Å². The monoisotopic (exact) mass is 409 g/mol. The van der Waals surface area contributed by atoms with Crippen molar-refractivity contribution in [3.05, 3.63) is 71.8 Å². The fraction of sp³-hybridized carbons (Fsp3) is 0.0500. The third kappa shape index (κ3) is 3.81. The van der Waals surface area contributed by atoms with Gasteiger partial charge in [-0.2, -0.15) is 0 Å². The lowest BCUT2D eigenvalue weighted by atomic mass is 10.1. The summed E-state index contributed by atoms with van der Waals surface area (Å²) in [5, 5.41) is 14.3. The SMILES string of the molecule is Nn1c(SCC(=O)Nc2cccc3ccccc23)nnc1-c1ccc(Cl)cc1. The van der Waals surface area contributed by atoms with Crippen molar-refractivity contribution in [3.8, 4) is 11.4 Å². The number of carbonyl (C=O) groups excluding carboxylic acids is 1. The molecule has 8 heteroatoms. The Kier molecular flexibility index (Phi) is 5.18. The summed E-state index contributed by atoms with van der Waals surface area (Å²) in [7, 11) is 0. The second-order valence-electron chi connectivity index (χ2n) is 6.05. The normalized spacial score (nSPS) is 10.9. The van der Waals surface area contributed by atoms with Crippen LogP contribution in [0, 0.1) is 0 Å². The Morgan fingerprint density at radius 3 is 2.61 bits per heavy atom. The van der Waals surface area contributed by atoms with Gasteiger partial charge in [0.25, 0.3) is 0 Å². The molecule has 28 heavy (non-hydrogen) atoms. The zero-order valence-corrected chi connectivity index (χ0v) is 16.2. The Hall–Kier alpha value is -3.03. The summed E-state index contributed by atoms with van der Waals surface area (Å²) >= 11 is 7.13. The van der Waals surface area contributed by atoms with Crippen LogP contribution in [-0.2, 0) is 4.79 Å². The van der Waals surface area contributed by atoms with E-state index in [1.807, 2.05) is 54.6 Å². The number of hydrogen-bond acceptors (Lipinski definition) is 5. The molecule has 4 aromatic rings. The van der Waals surface area contributed by atoms with Crippen LogP contribution in [0.3, 0.4) is 0 Å². The molecule has 0 aliphatic rings. The molecule has 0 atom stereocenters. The molecule has 0 saturated heterocycles. The number of aromatic nitrogens is 3. The van der Waals surface area contributed by atoms with E-state index in [4.69, 9.17) is 17.4 Å². The van der Waals surface area contributed by atoms with E-state index in [9.17, 15) is 4.79 Å². The summed E-state index contributed by atoms with van der Waals surface area (Å²) in [6.45, 7) is 0. The standard InChI is InChI=1S/C20H16ClN5OS/c21-15-10-8-14(9-11-15)19-24-25-20(26(19)22)28-12-18(27)23-17-7-3-5-13-4-1-2-6-16(13)17/h1-11H,12,22H2,(H,23,27). The third-order valence-electron chi connectivity index (χ3n) is 4.16. The molecule has 0 saturated carbocycles. The number of nitrogens with one attached hydrogen (secondary N) is 1. The Morgan fingerprint density at radius 1 is 1.04 bits per heavy atom. The molecule has 0 bridgehead atoms. The van der Waals surface area contributed by atoms with Gasteiger partial charge in [-0.15, -0.1) is 10.2 Å². The largest absolute Gasteiger partial charge is 0.335 e. The fourth-order valence-corrected chi connectivity index (χ4v) is 3.60. The topological polar surface area (TPSA) is 85.8 Å². The van der Waals surface area contributed by atoms with Crippen LogP contribution < -0.4 is 11.2 Å². The lowest BCUT2D eigenvalue weighted by Crippen LogP contribution is -2.16. The van der Waals surface area contributed by atoms with E-state index < -0.39 is 0 Å². The number of amides is 1. The van der Waals surface area contributed by atoms with Gasteiger partial charge in [0.1, 0.15) is 0 Å². The van der Waals surface area contributed by atoms with E-state index >= 15 is 0 Å². The molecule has 1 amide bonds. The Balaban J connectivity index is 1.44. The summed E-state index contributed by atoms with van der Waals surface area (Å²) in [6, 6.07) is 20.9. The van der Waals surface area contributed by atoms with Crippen LogP contribution in [0.25, 0.3) is 22.2 Å². The molecule has 3 aromatic carbocycles. The highest BCUT2D eigenvalue weighted by Gasteiger charge is 2.14. The summed E-state index contributed by atoms with van der Waals surface area (Å²) < 4.78 is 1.37. The molecule has 4 rings (SSSR count). The second-order valence-corrected chi connectivity index (χ2v) is 7.43. The van der Waals surface area contributed by atoms with E-state index in [1.54, 1.807) is 12.1 Å². The van der Waals surface area contributed by atoms with E-state index in [0.29, 0.717) is 16.0 Å². The first-order chi connectivity index (χ1) is 13.6. The summed E-state index contributed by atoms with van der Waals surface area (Å²) in [5.41, 5.74) is 1.58. The highest BCUT2D eigenvalue weighted by atomic mass is 35.5. The van der Waals surface area contributed by atoms with E-state index in [-0.39, 0.29) is 11.7 Å². The number of halogens is 1. The van der Waals surface area contributed by atoms with Crippen LogP contribution in [0.4, 0.5) is 5.69 Å². The lowest BCUT2D eigenvalue weighted by molar-refractivity contribution is -0.113. The van der Waals surface area contributed by atoms with Crippen molar-refractivity contribution in [1.29, 1.82) is 0 Å². The molecule has 0 fully saturated rings. The van der Waals surface area contributed by atoms with Crippen molar-refractivity contribution >= 4 is 45.7 Å². The van der Waals surface area contributed by atoms with Crippen LogP contribution >= 0.6 is 23.4 Å². The quantitative estimate of drug-likeness (QED) is 0.381. The van der Waals surface area contributed by atoms with Crippen molar-refractivity contribution in [2.75, 3.05) is 16.9 Å². The molecule has 1 heterocycles. The van der Waals surface area contributed by atoms with Gasteiger partial charge in [0.05, 0.1) is 5.75 Å². The van der Waals surface area contributed by atoms with Gasteiger partial charge in [-0.05, 0) is 35.7 Å². The van der Waals surface area contributed by atoms with Crippen LogP contribution in [-0.4, -0.2) is 26.5 Å². The maximum absolute atomic E-state index is 12.4. The first-order valence-corrected chi connectivity index (χ1v) is 9.85. The molecule has 0 aliphatic heterocycles. The van der Waals surface area contributed by atoms with Gasteiger partial charge < -0.3 is 11.2 Å². The number of rotatable bonds is 5. The smallest absolute Gasteiger partial charge is 0.234 e. The number of nitrogens with zero attached hydrogens (tertiary/aromatic N) is 3. The summed E-state index contributed by atoms with van der Waals surface area (Å²) in [4.78, 5) is 12.4. The number of anilines is 1. The van der Waals surface area contributed by atoms with Crippen molar-refractivity contribution in [1.82, 2.24) is 14.9 Å². The summed E-state index contributed by atoms with van der Waals surface area (Å²) in [6.07, 6.45) is 0. The highest BCUT2D eigenvalue weighted by Crippen LogP contribution is 2.25. The molecular formula is C20H16ClN5OS. The molecule has 0 unspecified atom stereocenters. The zero-order valence-electron chi connectivity index (χ0n) is 14.7. The van der Waals surface area contributed by atoms with Crippen molar-refractivity contribution in [3.63, 3.8) is 0 Å². The number of benzene rings is 3. The highest BCUT2D eigenvalue weighted by molar-refractivity contribution is 7.99. The predicted octanol–water partition coefficient (Wildman–Crippen LogP) is 4.20. The number of fused-ring (bicyclic) bond motifs is 1. The second kappa shape index (κ2) is 7.92.